The van der Waals surface area contributed by atoms with Crippen molar-refractivity contribution in [2.45, 2.75) is 13.8 Å². The molecule has 3 nitrogen and oxygen atoms in total. The van der Waals surface area contributed by atoms with Crippen molar-refractivity contribution in [2.75, 3.05) is 6.61 Å². The van der Waals surface area contributed by atoms with E-state index >= 15 is 0 Å². The first-order valence-electron chi connectivity index (χ1n) is 5.46. The van der Waals surface area contributed by atoms with Crippen LogP contribution in [-0.4, -0.2) is 17.6 Å². The molecule has 5 heteroatoms. The van der Waals surface area contributed by atoms with Gasteiger partial charge in [0.15, 0.2) is 0 Å². The summed E-state index contributed by atoms with van der Waals surface area (Å²) in [5.74, 6) is -0.477. The second-order valence-electron chi connectivity index (χ2n) is 3.85. The van der Waals surface area contributed by atoms with E-state index < -0.39 is 5.97 Å². The van der Waals surface area contributed by atoms with Gasteiger partial charge in [0, 0.05) is 11.6 Å². The number of fused-ring (bicyclic) bond motifs is 1. The standard InChI is InChI=1S/C13H11Cl2NO2/c1-3-18-13(17)9-6-16-12-8(11(9)15)4-7(2)5-10(12)14/h4-6H,3H2,1-2H3. The fourth-order valence-corrected chi connectivity index (χ4v) is 2.31. The zero-order valence-corrected chi connectivity index (χ0v) is 11.5. The summed E-state index contributed by atoms with van der Waals surface area (Å²) in [5, 5.41) is 1.50. The predicted molar refractivity (Wildman–Crippen MR) is 72.5 cm³/mol. The van der Waals surface area contributed by atoms with Gasteiger partial charge in [0.1, 0.15) is 0 Å². The van der Waals surface area contributed by atoms with Crippen LogP contribution in [-0.2, 0) is 4.74 Å². The van der Waals surface area contributed by atoms with Crippen molar-refractivity contribution in [3.63, 3.8) is 0 Å². The highest BCUT2D eigenvalue weighted by Gasteiger charge is 2.16. The summed E-state index contributed by atoms with van der Waals surface area (Å²) in [7, 11) is 0. The monoisotopic (exact) mass is 283 g/mol. The fraction of sp³-hybridized carbons (Fsp3) is 0.231. The maximum absolute atomic E-state index is 11.7. The zero-order chi connectivity index (χ0) is 13.3. The molecule has 2 aromatic rings. The highest BCUT2D eigenvalue weighted by molar-refractivity contribution is 6.41. The van der Waals surface area contributed by atoms with Crippen molar-refractivity contribution < 1.29 is 9.53 Å². The number of aryl methyl sites for hydroxylation is 1. The molecule has 0 fully saturated rings. The van der Waals surface area contributed by atoms with E-state index in [-0.39, 0.29) is 5.56 Å². The number of nitrogens with zero attached hydrogens (tertiary/aromatic N) is 1. The lowest BCUT2D eigenvalue weighted by molar-refractivity contribution is 0.0526. The molecule has 0 aliphatic carbocycles. The first kappa shape index (κ1) is 13.1. The van der Waals surface area contributed by atoms with Gasteiger partial charge in [-0.1, -0.05) is 23.2 Å². The maximum atomic E-state index is 11.7. The van der Waals surface area contributed by atoms with Crippen molar-refractivity contribution in [1.29, 1.82) is 0 Å². The minimum absolute atomic E-state index is 0.257. The van der Waals surface area contributed by atoms with Crippen LogP contribution in [0.2, 0.25) is 10.0 Å². The highest BCUT2D eigenvalue weighted by atomic mass is 35.5. The Morgan fingerprint density at radius 2 is 2.11 bits per heavy atom. The normalized spacial score (nSPS) is 10.7. The van der Waals surface area contributed by atoms with Gasteiger partial charge in [-0.15, -0.1) is 0 Å². The second kappa shape index (κ2) is 5.12. The molecule has 0 radical (unpaired) electrons. The SMILES string of the molecule is CCOC(=O)c1cnc2c(Cl)cc(C)cc2c1Cl. The third-order valence-corrected chi connectivity index (χ3v) is 3.19. The van der Waals surface area contributed by atoms with Crippen LogP contribution in [0.5, 0.6) is 0 Å². The predicted octanol–water partition coefficient (Wildman–Crippen LogP) is 4.03. The molecule has 0 atom stereocenters. The number of halogens is 2. The number of pyridine rings is 1. The van der Waals surface area contributed by atoms with Crippen LogP contribution in [0.15, 0.2) is 18.3 Å². The molecule has 1 aromatic carbocycles. The van der Waals surface area contributed by atoms with Gasteiger partial charge in [0.25, 0.3) is 0 Å². The van der Waals surface area contributed by atoms with E-state index in [9.17, 15) is 4.79 Å². The van der Waals surface area contributed by atoms with Crippen LogP contribution < -0.4 is 0 Å². The van der Waals surface area contributed by atoms with Gasteiger partial charge in [-0.05, 0) is 31.5 Å². The Labute approximate surface area is 115 Å². The van der Waals surface area contributed by atoms with Gasteiger partial charge in [-0.25, -0.2) is 4.79 Å². The van der Waals surface area contributed by atoms with Gasteiger partial charge >= 0.3 is 5.97 Å². The van der Waals surface area contributed by atoms with Crippen molar-refractivity contribution in [1.82, 2.24) is 4.98 Å². The number of carbonyl (C=O) groups excluding carboxylic acids is 1. The van der Waals surface area contributed by atoms with E-state index in [4.69, 9.17) is 27.9 Å². The van der Waals surface area contributed by atoms with E-state index in [1.54, 1.807) is 13.0 Å². The Kier molecular flexibility index (Phi) is 3.73. The van der Waals surface area contributed by atoms with Crippen LogP contribution in [0.1, 0.15) is 22.8 Å². The molecule has 0 N–H and O–H groups in total. The van der Waals surface area contributed by atoms with Crippen molar-refractivity contribution in [2.24, 2.45) is 0 Å². The second-order valence-corrected chi connectivity index (χ2v) is 4.63. The number of benzene rings is 1. The Hall–Kier alpha value is -1.32. The Morgan fingerprint density at radius 1 is 1.39 bits per heavy atom. The average Bonchev–Trinajstić information content (AvgIpc) is 2.30. The summed E-state index contributed by atoms with van der Waals surface area (Å²) >= 11 is 12.3. The molecule has 0 aliphatic heterocycles. The molecule has 0 spiro atoms. The number of ether oxygens (including phenoxy) is 1. The molecule has 0 bridgehead atoms. The molecular weight excluding hydrogens is 273 g/mol. The number of rotatable bonds is 2. The van der Waals surface area contributed by atoms with Crippen LogP contribution in [0.25, 0.3) is 10.9 Å². The number of carbonyl (C=O) groups is 1. The topological polar surface area (TPSA) is 39.2 Å². The quantitative estimate of drug-likeness (QED) is 0.782. The summed E-state index contributed by atoms with van der Waals surface area (Å²) in [6, 6.07) is 3.65. The Bertz CT molecular complexity index is 626. The lowest BCUT2D eigenvalue weighted by Gasteiger charge is -2.08. The van der Waals surface area contributed by atoms with Crippen LogP contribution >= 0.6 is 23.2 Å². The Morgan fingerprint density at radius 3 is 2.78 bits per heavy atom. The van der Waals surface area contributed by atoms with Crippen LogP contribution in [0.3, 0.4) is 0 Å². The molecule has 0 amide bonds. The minimum atomic E-state index is -0.477. The third kappa shape index (κ3) is 2.28. The van der Waals surface area contributed by atoms with Gasteiger partial charge in [0.05, 0.1) is 27.7 Å². The lowest BCUT2D eigenvalue weighted by atomic mass is 10.1. The van der Waals surface area contributed by atoms with Gasteiger partial charge in [0.2, 0.25) is 0 Å². The molecule has 2 rings (SSSR count). The van der Waals surface area contributed by atoms with Crippen molar-refractivity contribution in [3.05, 3.63) is 39.5 Å². The summed E-state index contributed by atoms with van der Waals surface area (Å²) in [5.41, 5.74) is 1.80. The summed E-state index contributed by atoms with van der Waals surface area (Å²) in [6.07, 6.45) is 1.39. The minimum Gasteiger partial charge on any atom is -0.462 e. The molecule has 0 saturated carbocycles. The van der Waals surface area contributed by atoms with E-state index in [1.807, 2.05) is 13.0 Å². The maximum Gasteiger partial charge on any atom is 0.341 e. The molecule has 18 heavy (non-hydrogen) atoms. The van der Waals surface area contributed by atoms with Crippen molar-refractivity contribution in [3.8, 4) is 0 Å². The first-order valence-corrected chi connectivity index (χ1v) is 6.21. The summed E-state index contributed by atoms with van der Waals surface area (Å²) in [4.78, 5) is 15.9. The van der Waals surface area contributed by atoms with Crippen LogP contribution in [0.4, 0.5) is 0 Å². The first-order chi connectivity index (χ1) is 8.54. The summed E-state index contributed by atoms with van der Waals surface area (Å²) < 4.78 is 4.92. The zero-order valence-electron chi connectivity index (χ0n) is 9.96. The lowest BCUT2D eigenvalue weighted by Crippen LogP contribution is -2.06. The summed E-state index contributed by atoms with van der Waals surface area (Å²) in [6.45, 7) is 3.93. The molecule has 0 unspecified atom stereocenters. The molecule has 94 valence electrons. The van der Waals surface area contributed by atoms with E-state index in [1.165, 1.54) is 6.20 Å². The largest absolute Gasteiger partial charge is 0.462 e. The van der Waals surface area contributed by atoms with Gasteiger partial charge in [-0.3, -0.25) is 4.98 Å². The van der Waals surface area contributed by atoms with E-state index in [0.717, 1.165) is 5.56 Å². The Balaban J connectivity index is 2.67. The molecule has 1 aromatic heterocycles. The molecule has 0 aliphatic rings. The number of hydrogen-bond donors (Lipinski definition) is 0. The highest BCUT2D eigenvalue weighted by Crippen LogP contribution is 2.31. The van der Waals surface area contributed by atoms with Gasteiger partial charge < -0.3 is 4.74 Å². The molecule has 0 saturated heterocycles. The number of esters is 1. The average molecular weight is 284 g/mol. The van der Waals surface area contributed by atoms with E-state index in [0.29, 0.717) is 27.6 Å². The number of hydrogen-bond acceptors (Lipinski definition) is 3. The molecule has 1 heterocycles. The third-order valence-electron chi connectivity index (χ3n) is 2.50. The van der Waals surface area contributed by atoms with E-state index in [2.05, 4.69) is 4.98 Å². The smallest absolute Gasteiger partial charge is 0.341 e. The fourth-order valence-electron chi connectivity index (χ4n) is 1.72. The van der Waals surface area contributed by atoms with Gasteiger partial charge in [-0.2, -0.15) is 0 Å². The number of aromatic nitrogens is 1. The molecular formula is C13H11Cl2NO2. The van der Waals surface area contributed by atoms with Crippen molar-refractivity contribution >= 4 is 40.1 Å². The van der Waals surface area contributed by atoms with Crippen LogP contribution in [0, 0.1) is 6.92 Å².